The van der Waals surface area contributed by atoms with E-state index in [2.05, 4.69) is 5.32 Å². The highest BCUT2D eigenvalue weighted by Gasteiger charge is 2.23. The summed E-state index contributed by atoms with van der Waals surface area (Å²) in [6, 6.07) is 18.3. The van der Waals surface area contributed by atoms with Gasteiger partial charge in [-0.2, -0.15) is 5.10 Å². The number of carbonyl (C=O) groups excluding carboxylic acids is 1. The minimum absolute atomic E-state index is 0.272. The van der Waals surface area contributed by atoms with Crippen LogP contribution in [0.4, 0.5) is 0 Å². The number of hydrogen-bond donors (Lipinski definition) is 1. The van der Waals surface area contributed by atoms with Crippen LogP contribution in [0.25, 0.3) is 16.9 Å². The largest absolute Gasteiger partial charge is 0.497 e. The van der Waals surface area contributed by atoms with Gasteiger partial charge in [-0.05, 0) is 49.4 Å². The van der Waals surface area contributed by atoms with Gasteiger partial charge in [0.2, 0.25) is 0 Å². The maximum atomic E-state index is 13.3. The summed E-state index contributed by atoms with van der Waals surface area (Å²) >= 11 is 0. The normalized spacial score (nSPS) is 11.7. The van der Waals surface area contributed by atoms with Crippen LogP contribution in [0.1, 0.15) is 29.1 Å². The Morgan fingerprint density at radius 3 is 2.55 bits per heavy atom. The molecule has 0 aliphatic carbocycles. The Hall–Kier alpha value is -4.00. The van der Waals surface area contributed by atoms with Gasteiger partial charge >= 0.3 is 0 Å². The maximum Gasteiger partial charge on any atom is 0.255 e. The van der Waals surface area contributed by atoms with Crippen molar-refractivity contribution in [3.05, 3.63) is 84.4 Å². The number of methoxy groups -OCH3 is 2. The summed E-state index contributed by atoms with van der Waals surface area (Å²) in [6.45, 7) is 1.87. The third-order valence-corrected chi connectivity index (χ3v) is 4.96. The van der Waals surface area contributed by atoms with Crippen molar-refractivity contribution in [2.24, 2.45) is 0 Å². The van der Waals surface area contributed by atoms with Crippen LogP contribution in [0.3, 0.4) is 0 Å². The van der Waals surface area contributed by atoms with E-state index in [9.17, 15) is 4.79 Å². The van der Waals surface area contributed by atoms with Crippen LogP contribution in [-0.2, 0) is 0 Å². The highest BCUT2D eigenvalue weighted by atomic mass is 16.5. The number of hydrogen-bond acceptors (Lipinski definition) is 5. The molecule has 0 fully saturated rings. The Bertz CT molecular complexity index is 1170. The fourth-order valence-electron chi connectivity index (χ4n) is 3.33. The van der Waals surface area contributed by atoms with Crippen LogP contribution >= 0.6 is 0 Å². The van der Waals surface area contributed by atoms with Gasteiger partial charge in [0.1, 0.15) is 23.0 Å². The second-order valence-corrected chi connectivity index (χ2v) is 6.95. The van der Waals surface area contributed by atoms with Gasteiger partial charge in [-0.3, -0.25) is 4.79 Å². The van der Waals surface area contributed by atoms with E-state index in [0.29, 0.717) is 34.1 Å². The first-order chi connectivity index (χ1) is 15.1. The van der Waals surface area contributed by atoms with E-state index in [4.69, 9.17) is 19.0 Å². The average molecular weight is 417 g/mol. The van der Waals surface area contributed by atoms with Crippen LogP contribution in [0.15, 0.2) is 77.5 Å². The lowest BCUT2D eigenvalue weighted by Crippen LogP contribution is -2.26. The molecule has 0 saturated heterocycles. The molecule has 0 spiro atoms. The van der Waals surface area contributed by atoms with Crippen molar-refractivity contribution < 1.29 is 18.7 Å². The van der Waals surface area contributed by atoms with Crippen LogP contribution in [0, 0.1) is 0 Å². The summed E-state index contributed by atoms with van der Waals surface area (Å²) in [5.41, 5.74) is 2.40. The molecule has 0 saturated carbocycles. The fraction of sp³-hybridized carbons (Fsp3) is 0.167. The van der Waals surface area contributed by atoms with E-state index < -0.39 is 0 Å². The number of nitrogens with zero attached hydrogens (tertiary/aromatic N) is 2. The lowest BCUT2D eigenvalue weighted by atomic mass is 10.1. The molecule has 2 aromatic carbocycles. The highest BCUT2D eigenvalue weighted by molar-refractivity contribution is 6.00. The number of nitrogens with one attached hydrogen (secondary N) is 1. The van der Waals surface area contributed by atoms with Crippen LogP contribution in [-0.4, -0.2) is 29.9 Å². The van der Waals surface area contributed by atoms with Gasteiger partial charge < -0.3 is 19.2 Å². The monoisotopic (exact) mass is 417 g/mol. The SMILES string of the molecule is COc1ccc(OC)c(-c2nn(-c3ccccc3)cc2C(=O)N[C@@H](C)c2ccco2)c1. The Balaban J connectivity index is 1.80. The number of para-hydroxylation sites is 1. The van der Waals surface area contributed by atoms with E-state index in [1.807, 2.05) is 49.4 Å². The molecule has 31 heavy (non-hydrogen) atoms. The minimum Gasteiger partial charge on any atom is -0.497 e. The average Bonchev–Trinajstić information content (AvgIpc) is 3.50. The summed E-state index contributed by atoms with van der Waals surface area (Å²) in [5.74, 6) is 1.63. The van der Waals surface area contributed by atoms with E-state index in [1.165, 1.54) is 0 Å². The smallest absolute Gasteiger partial charge is 0.255 e. The molecule has 158 valence electrons. The molecule has 0 bridgehead atoms. The first kappa shape index (κ1) is 20.3. The number of carbonyl (C=O) groups is 1. The molecule has 4 aromatic rings. The van der Waals surface area contributed by atoms with Gasteiger partial charge in [0.05, 0.1) is 37.8 Å². The number of rotatable bonds is 7. The Labute approximate surface area is 180 Å². The van der Waals surface area contributed by atoms with Crippen molar-refractivity contribution in [1.82, 2.24) is 15.1 Å². The van der Waals surface area contributed by atoms with E-state index in [0.717, 1.165) is 5.69 Å². The van der Waals surface area contributed by atoms with Crippen molar-refractivity contribution >= 4 is 5.91 Å². The molecule has 1 amide bonds. The summed E-state index contributed by atoms with van der Waals surface area (Å²) < 4.78 is 18.0. The molecule has 0 unspecified atom stereocenters. The standard InChI is InChI=1S/C24H23N3O4/c1-16(21-10-7-13-31-21)25-24(28)20-15-27(17-8-5-4-6-9-17)26-23(20)19-14-18(29-2)11-12-22(19)30-3/h4-16H,1-3H3,(H,25,28)/t16-/m0/s1. The number of aromatic nitrogens is 2. The van der Waals surface area contributed by atoms with Gasteiger partial charge in [-0.25, -0.2) is 4.68 Å². The van der Waals surface area contributed by atoms with Crippen molar-refractivity contribution in [1.29, 1.82) is 0 Å². The molecule has 7 heteroatoms. The maximum absolute atomic E-state index is 13.3. The molecule has 0 aliphatic heterocycles. The molecule has 1 N–H and O–H groups in total. The summed E-state index contributed by atoms with van der Waals surface area (Å²) in [4.78, 5) is 13.3. The van der Waals surface area contributed by atoms with Crippen molar-refractivity contribution in [2.45, 2.75) is 13.0 Å². The minimum atomic E-state index is -0.303. The fourth-order valence-corrected chi connectivity index (χ4v) is 3.33. The van der Waals surface area contributed by atoms with E-state index in [1.54, 1.807) is 49.6 Å². The zero-order chi connectivity index (χ0) is 21.8. The predicted molar refractivity (Wildman–Crippen MR) is 117 cm³/mol. The molecule has 4 rings (SSSR count). The Kier molecular flexibility index (Phi) is 5.75. The van der Waals surface area contributed by atoms with E-state index >= 15 is 0 Å². The molecule has 0 aliphatic rings. The molecular formula is C24H23N3O4. The molecule has 2 heterocycles. The number of benzene rings is 2. The van der Waals surface area contributed by atoms with Crippen molar-refractivity contribution in [2.75, 3.05) is 14.2 Å². The second kappa shape index (κ2) is 8.79. The van der Waals surface area contributed by atoms with Crippen molar-refractivity contribution in [3.63, 3.8) is 0 Å². The molecule has 1 atom stereocenters. The van der Waals surface area contributed by atoms with Crippen molar-refractivity contribution in [3.8, 4) is 28.4 Å². The highest BCUT2D eigenvalue weighted by Crippen LogP contribution is 2.35. The van der Waals surface area contributed by atoms with Crippen LogP contribution in [0.2, 0.25) is 0 Å². The molecule has 7 nitrogen and oxygen atoms in total. The number of ether oxygens (including phenoxy) is 2. The summed E-state index contributed by atoms with van der Waals surface area (Å²) in [7, 11) is 3.17. The second-order valence-electron chi connectivity index (χ2n) is 6.95. The zero-order valence-corrected chi connectivity index (χ0v) is 17.5. The van der Waals surface area contributed by atoms with Gasteiger partial charge in [0.15, 0.2) is 0 Å². The van der Waals surface area contributed by atoms with Gasteiger partial charge in [0, 0.05) is 11.8 Å². The quantitative estimate of drug-likeness (QED) is 0.474. The lowest BCUT2D eigenvalue weighted by Gasteiger charge is -2.13. The molecule has 2 aromatic heterocycles. The lowest BCUT2D eigenvalue weighted by molar-refractivity contribution is 0.0936. The number of furan rings is 1. The third kappa shape index (κ3) is 4.16. The van der Waals surface area contributed by atoms with E-state index in [-0.39, 0.29) is 11.9 Å². The topological polar surface area (TPSA) is 78.5 Å². The first-order valence-corrected chi connectivity index (χ1v) is 9.82. The summed E-state index contributed by atoms with van der Waals surface area (Å²) in [6.07, 6.45) is 3.30. The zero-order valence-electron chi connectivity index (χ0n) is 17.5. The molecular weight excluding hydrogens is 394 g/mol. The van der Waals surface area contributed by atoms with Gasteiger partial charge in [-0.1, -0.05) is 18.2 Å². The Morgan fingerprint density at radius 2 is 1.87 bits per heavy atom. The third-order valence-electron chi connectivity index (χ3n) is 4.96. The predicted octanol–water partition coefficient (Wildman–Crippen LogP) is 4.64. The molecule has 0 radical (unpaired) electrons. The van der Waals surface area contributed by atoms with Gasteiger partial charge in [0.25, 0.3) is 5.91 Å². The van der Waals surface area contributed by atoms with Gasteiger partial charge in [-0.15, -0.1) is 0 Å². The summed E-state index contributed by atoms with van der Waals surface area (Å²) in [5, 5.41) is 7.70. The number of amides is 1. The Morgan fingerprint density at radius 1 is 1.06 bits per heavy atom. The first-order valence-electron chi connectivity index (χ1n) is 9.82. The van der Waals surface area contributed by atoms with Crippen LogP contribution in [0.5, 0.6) is 11.5 Å². The van der Waals surface area contributed by atoms with Crippen LogP contribution < -0.4 is 14.8 Å².